The number of nitrogens with two attached hydrogens (primary N) is 2. The molecule has 6 N–H and O–H groups in total. The second-order valence-electron chi connectivity index (χ2n) is 6.51. The molecule has 0 heterocycles. The highest BCUT2D eigenvalue weighted by Crippen LogP contribution is 2.30. The van der Waals surface area contributed by atoms with Crippen LogP contribution in [0.1, 0.15) is 12.5 Å². The van der Waals surface area contributed by atoms with Crippen LogP contribution < -0.4 is 26.2 Å². The van der Waals surface area contributed by atoms with E-state index in [0.717, 1.165) is 24.1 Å². The van der Waals surface area contributed by atoms with Gasteiger partial charge in [-0.2, -0.15) is 4.99 Å². The lowest BCUT2D eigenvalue weighted by molar-refractivity contribution is -0.114. The van der Waals surface area contributed by atoms with Gasteiger partial charge >= 0.3 is 6.03 Å². The SMILES string of the molecule is COCCNC(=O)NSc1ccc(Oc2c(F)cc(/C=C(\C)C(=O)N=C(N)N)cc2F)cc1. The third-order valence-corrected chi connectivity index (χ3v) is 4.66. The summed E-state index contributed by atoms with van der Waals surface area (Å²) in [6.07, 6.45) is 1.25. The average molecular weight is 480 g/mol. The van der Waals surface area contributed by atoms with E-state index in [0.29, 0.717) is 18.0 Å². The van der Waals surface area contributed by atoms with Crippen molar-refractivity contribution in [1.29, 1.82) is 0 Å². The minimum Gasteiger partial charge on any atom is -0.451 e. The maximum Gasteiger partial charge on any atom is 0.325 e. The fraction of sp³-hybridized carbons (Fsp3) is 0.190. The monoisotopic (exact) mass is 479 g/mol. The zero-order chi connectivity index (χ0) is 24.4. The number of hydrogen-bond acceptors (Lipinski definition) is 5. The van der Waals surface area contributed by atoms with Crippen molar-refractivity contribution in [2.45, 2.75) is 11.8 Å². The van der Waals surface area contributed by atoms with Crippen LogP contribution in [0.5, 0.6) is 11.5 Å². The lowest BCUT2D eigenvalue weighted by atomic mass is 10.1. The Hall–Kier alpha value is -3.64. The minimum atomic E-state index is -0.962. The maximum atomic E-state index is 14.5. The quantitative estimate of drug-likeness (QED) is 0.142. The van der Waals surface area contributed by atoms with Crippen molar-refractivity contribution in [2.24, 2.45) is 16.5 Å². The van der Waals surface area contributed by atoms with Gasteiger partial charge in [0.2, 0.25) is 0 Å². The summed E-state index contributed by atoms with van der Waals surface area (Å²) in [5.41, 5.74) is 10.5. The van der Waals surface area contributed by atoms with E-state index in [-0.39, 0.29) is 22.9 Å². The first-order valence-corrected chi connectivity index (χ1v) is 10.3. The number of carbonyl (C=O) groups excluding carboxylic acids is 2. The number of urea groups is 1. The molecule has 0 aliphatic rings. The second-order valence-corrected chi connectivity index (χ2v) is 7.39. The predicted molar refractivity (Wildman–Crippen MR) is 122 cm³/mol. The fourth-order valence-electron chi connectivity index (χ4n) is 2.38. The van der Waals surface area contributed by atoms with Gasteiger partial charge in [-0.3, -0.25) is 9.52 Å². The van der Waals surface area contributed by atoms with Crippen molar-refractivity contribution >= 4 is 35.9 Å². The molecule has 12 heteroatoms. The van der Waals surface area contributed by atoms with Crippen molar-refractivity contribution in [2.75, 3.05) is 20.3 Å². The summed E-state index contributed by atoms with van der Waals surface area (Å²) in [6.45, 7) is 2.17. The predicted octanol–water partition coefficient (Wildman–Crippen LogP) is 2.91. The van der Waals surface area contributed by atoms with Gasteiger partial charge in [0.05, 0.1) is 6.61 Å². The van der Waals surface area contributed by atoms with Gasteiger partial charge in [0.25, 0.3) is 5.91 Å². The Balaban J connectivity index is 2.04. The van der Waals surface area contributed by atoms with E-state index in [1.54, 1.807) is 12.1 Å². The van der Waals surface area contributed by atoms with E-state index in [2.05, 4.69) is 15.0 Å². The summed E-state index contributed by atoms with van der Waals surface area (Å²) in [5.74, 6) is -3.48. The van der Waals surface area contributed by atoms with Gasteiger partial charge in [0, 0.05) is 24.1 Å². The molecule has 0 radical (unpaired) electrons. The van der Waals surface area contributed by atoms with Crippen molar-refractivity contribution in [1.82, 2.24) is 10.0 Å². The van der Waals surface area contributed by atoms with E-state index in [1.807, 2.05) is 0 Å². The number of benzene rings is 2. The van der Waals surface area contributed by atoms with E-state index in [9.17, 15) is 18.4 Å². The number of amides is 3. The number of nitrogens with one attached hydrogen (secondary N) is 2. The number of carbonyl (C=O) groups is 2. The molecule has 2 aromatic rings. The highest BCUT2D eigenvalue weighted by atomic mass is 32.2. The lowest BCUT2D eigenvalue weighted by Gasteiger charge is -2.10. The highest BCUT2D eigenvalue weighted by Gasteiger charge is 2.14. The summed E-state index contributed by atoms with van der Waals surface area (Å²) >= 11 is 1.06. The summed E-state index contributed by atoms with van der Waals surface area (Å²) < 4.78 is 41.7. The third-order valence-electron chi connectivity index (χ3n) is 3.87. The Morgan fingerprint density at radius 1 is 1.15 bits per heavy atom. The molecular weight excluding hydrogens is 456 g/mol. The standard InChI is InChI=1S/C21H23F2N5O4S/c1-12(19(29)27-20(24)25)9-13-10-16(22)18(17(23)11-13)32-14-3-5-15(6-4-14)33-28-21(30)26-7-8-31-2/h3-6,9-11H,7-8H2,1-2H3,(H2,26,28,30)(H4,24,25,27,29)/b12-9+. The zero-order valence-corrected chi connectivity index (χ0v) is 18.7. The number of hydrogen-bond donors (Lipinski definition) is 4. The molecule has 0 saturated carbocycles. The second kappa shape index (κ2) is 12.4. The summed E-state index contributed by atoms with van der Waals surface area (Å²) in [6, 6.07) is 7.87. The van der Waals surface area contributed by atoms with Crippen LogP contribution in [0.3, 0.4) is 0 Å². The Labute approximate surface area is 193 Å². The van der Waals surface area contributed by atoms with Crippen LogP contribution in [0.15, 0.2) is 51.9 Å². The summed E-state index contributed by atoms with van der Waals surface area (Å²) in [7, 11) is 1.53. The van der Waals surface area contributed by atoms with Crippen molar-refractivity contribution in [3.8, 4) is 11.5 Å². The Morgan fingerprint density at radius 3 is 2.36 bits per heavy atom. The molecular formula is C21H23F2N5O4S. The number of ether oxygens (including phenoxy) is 2. The number of methoxy groups -OCH3 is 1. The Kier molecular flexibility index (Phi) is 9.63. The van der Waals surface area contributed by atoms with Gasteiger partial charge in [-0.25, -0.2) is 13.6 Å². The van der Waals surface area contributed by atoms with Gasteiger partial charge in [-0.15, -0.1) is 0 Å². The molecule has 0 aromatic heterocycles. The molecule has 0 aliphatic heterocycles. The number of guanidine groups is 1. The number of halogens is 2. The molecule has 0 spiro atoms. The van der Waals surface area contributed by atoms with Crippen LogP contribution in [0.25, 0.3) is 6.08 Å². The van der Waals surface area contributed by atoms with Crippen molar-refractivity contribution < 1.29 is 27.8 Å². The molecule has 0 unspecified atom stereocenters. The zero-order valence-electron chi connectivity index (χ0n) is 17.9. The topological polar surface area (TPSA) is 141 Å². The molecule has 176 valence electrons. The molecule has 0 atom stereocenters. The normalized spacial score (nSPS) is 11.0. The van der Waals surface area contributed by atoms with Crippen LogP contribution in [-0.4, -0.2) is 38.2 Å². The Morgan fingerprint density at radius 2 is 1.79 bits per heavy atom. The van der Waals surface area contributed by atoms with E-state index in [1.165, 1.54) is 32.2 Å². The van der Waals surface area contributed by atoms with Crippen LogP contribution in [0, 0.1) is 11.6 Å². The number of aliphatic imine (C=N–C) groups is 1. The molecule has 3 amide bonds. The summed E-state index contributed by atoms with van der Waals surface area (Å²) in [5, 5.41) is 2.60. The van der Waals surface area contributed by atoms with Gasteiger partial charge < -0.3 is 26.3 Å². The van der Waals surface area contributed by atoms with Crippen LogP contribution >= 0.6 is 11.9 Å². The molecule has 33 heavy (non-hydrogen) atoms. The van der Waals surface area contributed by atoms with Crippen molar-refractivity contribution in [3.05, 3.63) is 59.2 Å². The van der Waals surface area contributed by atoms with Gasteiger partial charge in [-0.05, 0) is 66.9 Å². The average Bonchev–Trinajstić information content (AvgIpc) is 2.75. The van der Waals surface area contributed by atoms with Gasteiger partial charge in [0.1, 0.15) is 5.75 Å². The first kappa shape index (κ1) is 25.6. The lowest BCUT2D eigenvalue weighted by Crippen LogP contribution is -2.33. The van der Waals surface area contributed by atoms with Crippen LogP contribution in [0.4, 0.5) is 13.6 Å². The molecule has 9 nitrogen and oxygen atoms in total. The molecule has 0 aliphatic carbocycles. The Bertz CT molecular complexity index is 1030. The smallest absolute Gasteiger partial charge is 0.325 e. The van der Waals surface area contributed by atoms with Crippen LogP contribution in [0.2, 0.25) is 0 Å². The summed E-state index contributed by atoms with van der Waals surface area (Å²) in [4.78, 5) is 27.4. The molecule has 0 bridgehead atoms. The fourth-order valence-corrected chi connectivity index (χ4v) is 2.93. The largest absolute Gasteiger partial charge is 0.451 e. The first-order valence-electron chi connectivity index (χ1n) is 9.48. The molecule has 0 fully saturated rings. The van der Waals surface area contributed by atoms with E-state index in [4.69, 9.17) is 20.9 Å². The van der Waals surface area contributed by atoms with Gasteiger partial charge in [0.15, 0.2) is 23.3 Å². The first-order chi connectivity index (χ1) is 15.7. The van der Waals surface area contributed by atoms with Gasteiger partial charge in [-0.1, -0.05) is 0 Å². The highest BCUT2D eigenvalue weighted by molar-refractivity contribution is 7.98. The number of nitrogens with zero attached hydrogens (tertiary/aromatic N) is 1. The molecule has 2 aromatic carbocycles. The van der Waals surface area contributed by atoms with E-state index < -0.39 is 29.3 Å². The van der Waals surface area contributed by atoms with E-state index >= 15 is 0 Å². The van der Waals surface area contributed by atoms with Crippen molar-refractivity contribution in [3.63, 3.8) is 0 Å². The number of rotatable bonds is 9. The molecule has 2 rings (SSSR count). The maximum absolute atomic E-state index is 14.5. The van der Waals surface area contributed by atoms with Crippen LogP contribution in [-0.2, 0) is 9.53 Å². The third kappa shape index (κ3) is 8.43. The minimum absolute atomic E-state index is 0.0879. The molecule has 0 saturated heterocycles.